The minimum atomic E-state index is -3.82. The number of halogens is 1. The molecule has 0 saturated carbocycles. The molecule has 9 nitrogen and oxygen atoms in total. The van der Waals surface area contributed by atoms with E-state index in [-0.39, 0.29) is 33.5 Å². The maximum absolute atomic E-state index is 13.0. The third-order valence-corrected chi connectivity index (χ3v) is 8.89. The van der Waals surface area contributed by atoms with Gasteiger partial charge in [-0.05, 0) is 60.5 Å². The zero-order valence-electron chi connectivity index (χ0n) is 18.6. The molecule has 1 N–H and O–H groups in total. The summed E-state index contributed by atoms with van der Waals surface area (Å²) in [6, 6.07) is 7.58. The molecule has 2 aliphatic heterocycles. The standard InChI is InChI=1S/C23H23ClN4O5S2/c24-18-7-6-17(14-20(18)35(32,33)27-10-2-1-3-11-27)21(29)26-9-12-28-22(30)19(34-23(28)31)13-16-5-4-8-25-15-16/h4-8,13-15H,1-3,9-12H2,(H,26,29). The largest absolute Gasteiger partial charge is 0.350 e. The number of carbonyl (C=O) groups excluding carboxylic acids is 3. The van der Waals surface area contributed by atoms with Crippen LogP contribution in [0.5, 0.6) is 0 Å². The highest BCUT2D eigenvalue weighted by Crippen LogP contribution is 2.32. The maximum Gasteiger partial charge on any atom is 0.293 e. The second kappa shape index (κ2) is 10.9. The number of nitrogens with zero attached hydrogens (tertiary/aromatic N) is 3. The van der Waals surface area contributed by atoms with Gasteiger partial charge in [0.05, 0.1) is 9.93 Å². The number of hydrogen-bond acceptors (Lipinski definition) is 7. The van der Waals surface area contributed by atoms with Gasteiger partial charge >= 0.3 is 0 Å². The van der Waals surface area contributed by atoms with E-state index in [0.717, 1.165) is 35.9 Å². The number of nitrogens with one attached hydrogen (secondary N) is 1. The number of aromatic nitrogens is 1. The molecule has 12 heteroatoms. The normalized spacial score (nSPS) is 18.3. The first-order valence-electron chi connectivity index (χ1n) is 11.0. The Morgan fingerprint density at radius 2 is 1.94 bits per heavy atom. The lowest BCUT2D eigenvalue weighted by Gasteiger charge is -2.26. The number of imide groups is 1. The summed E-state index contributed by atoms with van der Waals surface area (Å²) in [5.74, 6) is -0.978. The average Bonchev–Trinajstić information content (AvgIpc) is 3.12. The summed E-state index contributed by atoms with van der Waals surface area (Å²) >= 11 is 6.99. The molecule has 3 heterocycles. The van der Waals surface area contributed by atoms with Crippen LogP contribution in [0.15, 0.2) is 52.5 Å². The van der Waals surface area contributed by atoms with Gasteiger partial charge in [-0.15, -0.1) is 0 Å². The summed E-state index contributed by atoms with van der Waals surface area (Å²) in [5.41, 5.74) is 0.819. The summed E-state index contributed by atoms with van der Waals surface area (Å²) in [7, 11) is -3.82. The van der Waals surface area contributed by atoms with Crippen LogP contribution in [0.3, 0.4) is 0 Å². The molecular formula is C23H23ClN4O5S2. The first-order chi connectivity index (χ1) is 16.8. The Morgan fingerprint density at radius 3 is 2.66 bits per heavy atom. The Morgan fingerprint density at radius 1 is 1.17 bits per heavy atom. The number of pyridine rings is 1. The van der Waals surface area contributed by atoms with E-state index >= 15 is 0 Å². The number of amides is 3. The SMILES string of the molecule is O=C(NCCN1C(=O)SC(=Cc2cccnc2)C1=O)c1ccc(Cl)c(S(=O)(=O)N2CCCCC2)c1. The monoisotopic (exact) mass is 534 g/mol. The minimum absolute atomic E-state index is 0.00782. The van der Waals surface area contributed by atoms with Crippen LogP contribution >= 0.6 is 23.4 Å². The summed E-state index contributed by atoms with van der Waals surface area (Å²) in [4.78, 5) is 42.8. The number of benzene rings is 1. The van der Waals surface area contributed by atoms with E-state index < -0.39 is 27.1 Å². The van der Waals surface area contributed by atoms with Crippen molar-refractivity contribution >= 4 is 56.5 Å². The van der Waals surface area contributed by atoms with Gasteiger partial charge in [-0.3, -0.25) is 24.3 Å². The van der Waals surface area contributed by atoms with E-state index in [1.165, 1.54) is 22.5 Å². The minimum Gasteiger partial charge on any atom is -0.350 e. The topological polar surface area (TPSA) is 117 Å². The Hall–Kier alpha value is -2.73. The van der Waals surface area contributed by atoms with Crippen molar-refractivity contribution < 1.29 is 22.8 Å². The lowest BCUT2D eigenvalue weighted by Crippen LogP contribution is -2.37. The van der Waals surface area contributed by atoms with Crippen molar-refractivity contribution in [1.29, 1.82) is 0 Å². The lowest BCUT2D eigenvalue weighted by atomic mass is 10.2. The lowest BCUT2D eigenvalue weighted by molar-refractivity contribution is -0.122. The molecule has 2 aliphatic rings. The van der Waals surface area contributed by atoms with Crippen molar-refractivity contribution in [2.24, 2.45) is 0 Å². The molecule has 0 spiro atoms. The van der Waals surface area contributed by atoms with Gasteiger partial charge in [-0.25, -0.2) is 8.42 Å². The van der Waals surface area contributed by atoms with Crippen LogP contribution in [0.4, 0.5) is 4.79 Å². The van der Waals surface area contributed by atoms with Crippen molar-refractivity contribution in [1.82, 2.24) is 19.5 Å². The average molecular weight is 535 g/mol. The highest BCUT2D eigenvalue weighted by atomic mass is 35.5. The number of sulfonamides is 1. The molecule has 0 bridgehead atoms. The molecule has 3 amide bonds. The third-order valence-electron chi connectivity index (χ3n) is 5.60. The smallest absolute Gasteiger partial charge is 0.293 e. The van der Waals surface area contributed by atoms with Crippen LogP contribution in [0, 0.1) is 0 Å². The van der Waals surface area contributed by atoms with Crippen LogP contribution < -0.4 is 5.32 Å². The molecule has 0 aliphatic carbocycles. The molecule has 184 valence electrons. The number of thioether (sulfide) groups is 1. The maximum atomic E-state index is 13.0. The van der Waals surface area contributed by atoms with E-state index in [0.29, 0.717) is 18.7 Å². The molecule has 2 saturated heterocycles. The third kappa shape index (κ3) is 5.75. The van der Waals surface area contributed by atoms with Gasteiger partial charge in [-0.1, -0.05) is 24.1 Å². The van der Waals surface area contributed by atoms with Gasteiger partial charge in [-0.2, -0.15) is 4.31 Å². The molecule has 2 fully saturated rings. The summed E-state index contributed by atoms with van der Waals surface area (Å²) in [6.07, 6.45) is 7.32. The van der Waals surface area contributed by atoms with Crippen molar-refractivity contribution in [3.05, 3.63) is 63.8 Å². The van der Waals surface area contributed by atoms with Crippen molar-refractivity contribution in [3.63, 3.8) is 0 Å². The fourth-order valence-corrected chi connectivity index (χ4v) is 6.66. The molecule has 0 unspecified atom stereocenters. The predicted molar refractivity (Wildman–Crippen MR) is 133 cm³/mol. The first-order valence-corrected chi connectivity index (χ1v) is 13.6. The highest BCUT2D eigenvalue weighted by Gasteiger charge is 2.35. The molecule has 0 radical (unpaired) electrons. The Balaban J connectivity index is 1.39. The number of carbonyl (C=O) groups is 3. The molecule has 35 heavy (non-hydrogen) atoms. The fourth-order valence-electron chi connectivity index (χ4n) is 3.78. The van der Waals surface area contributed by atoms with Crippen LogP contribution in [0.1, 0.15) is 35.2 Å². The second-order valence-electron chi connectivity index (χ2n) is 7.99. The number of piperidine rings is 1. The van der Waals surface area contributed by atoms with E-state index in [2.05, 4.69) is 10.3 Å². The van der Waals surface area contributed by atoms with Crippen molar-refractivity contribution in [3.8, 4) is 0 Å². The van der Waals surface area contributed by atoms with E-state index in [9.17, 15) is 22.8 Å². The summed E-state index contributed by atoms with van der Waals surface area (Å²) in [6.45, 7) is 0.825. The van der Waals surface area contributed by atoms with Gasteiger partial charge in [0.2, 0.25) is 10.0 Å². The Kier molecular flexibility index (Phi) is 7.90. The summed E-state index contributed by atoms with van der Waals surface area (Å²) in [5, 5.41) is 2.25. The Bertz CT molecular complexity index is 1280. The fraction of sp³-hybridized carbons (Fsp3) is 0.304. The van der Waals surface area contributed by atoms with Gasteiger partial charge in [0.25, 0.3) is 17.1 Å². The highest BCUT2D eigenvalue weighted by molar-refractivity contribution is 8.18. The van der Waals surface area contributed by atoms with Crippen molar-refractivity contribution in [2.45, 2.75) is 24.2 Å². The van der Waals surface area contributed by atoms with Crippen molar-refractivity contribution in [2.75, 3.05) is 26.2 Å². The van der Waals surface area contributed by atoms with Crippen LogP contribution in [-0.2, 0) is 14.8 Å². The van der Waals surface area contributed by atoms with E-state index in [1.54, 1.807) is 30.6 Å². The van der Waals surface area contributed by atoms with E-state index in [4.69, 9.17) is 11.6 Å². The zero-order chi connectivity index (χ0) is 25.0. The zero-order valence-corrected chi connectivity index (χ0v) is 21.0. The molecular weight excluding hydrogens is 512 g/mol. The first kappa shape index (κ1) is 25.4. The van der Waals surface area contributed by atoms with Crippen LogP contribution in [-0.4, -0.2) is 65.8 Å². The molecule has 1 aromatic heterocycles. The number of rotatable bonds is 7. The van der Waals surface area contributed by atoms with Crippen LogP contribution in [0.2, 0.25) is 5.02 Å². The second-order valence-corrected chi connectivity index (χ2v) is 11.3. The molecule has 1 aromatic carbocycles. The summed E-state index contributed by atoms with van der Waals surface area (Å²) < 4.78 is 27.4. The van der Waals surface area contributed by atoms with Gasteiger partial charge < -0.3 is 5.32 Å². The van der Waals surface area contributed by atoms with Crippen LogP contribution in [0.25, 0.3) is 6.08 Å². The van der Waals surface area contributed by atoms with Gasteiger partial charge in [0.15, 0.2) is 0 Å². The molecule has 0 atom stereocenters. The molecule has 2 aromatic rings. The Labute approximate surface area is 212 Å². The predicted octanol–water partition coefficient (Wildman–Crippen LogP) is 3.38. The molecule has 4 rings (SSSR count). The van der Waals surface area contributed by atoms with Gasteiger partial charge in [0, 0.05) is 44.1 Å². The van der Waals surface area contributed by atoms with Gasteiger partial charge in [0.1, 0.15) is 4.90 Å². The van der Waals surface area contributed by atoms with E-state index in [1.807, 2.05) is 0 Å². The quantitative estimate of drug-likeness (QED) is 0.541. The number of hydrogen-bond donors (Lipinski definition) is 1.